The third-order valence-electron chi connectivity index (χ3n) is 4.22. The molecule has 0 aliphatic carbocycles. The maximum absolute atomic E-state index is 11.7. The van der Waals surface area contributed by atoms with Gasteiger partial charge in [0.1, 0.15) is 11.9 Å². The van der Waals surface area contributed by atoms with Crippen LogP contribution in [0, 0.1) is 18.3 Å². The number of sulfone groups is 1. The molecule has 0 bridgehead atoms. The highest BCUT2D eigenvalue weighted by atomic mass is 32.2. The monoisotopic (exact) mass is 357 g/mol. The van der Waals surface area contributed by atoms with Crippen molar-refractivity contribution in [3.63, 3.8) is 0 Å². The zero-order valence-electron chi connectivity index (χ0n) is 14.1. The smallest absolute Gasteiger partial charge is 0.227 e. The molecule has 0 radical (unpaired) electrons. The fourth-order valence-corrected chi connectivity index (χ4v) is 4.62. The second-order valence-corrected chi connectivity index (χ2v) is 8.37. The molecule has 130 valence electrons. The van der Waals surface area contributed by atoms with Gasteiger partial charge in [-0.15, -0.1) is 0 Å². The van der Waals surface area contributed by atoms with Gasteiger partial charge in [0, 0.05) is 24.8 Å². The highest BCUT2D eigenvalue weighted by molar-refractivity contribution is 7.91. The first-order valence-corrected chi connectivity index (χ1v) is 9.75. The predicted octanol–water partition coefficient (Wildman–Crippen LogP) is 2.02. The fourth-order valence-electron chi connectivity index (χ4n) is 2.85. The number of benzene rings is 1. The third kappa shape index (κ3) is 3.88. The molecule has 0 saturated carbocycles. The Morgan fingerprint density at radius 2 is 2.08 bits per heavy atom. The molecule has 1 atom stereocenters. The van der Waals surface area contributed by atoms with Gasteiger partial charge in [-0.05, 0) is 25.5 Å². The number of hydrogen-bond acceptors (Lipinski definition) is 7. The van der Waals surface area contributed by atoms with Crippen molar-refractivity contribution in [3.8, 4) is 6.07 Å². The van der Waals surface area contributed by atoms with Gasteiger partial charge in [-0.1, -0.05) is 12.1 Å². The van der Waals surface area contributed by atoms with Gasteiger partial charge in [-0.3, -0.25) is 0 Å². The van der Waals surface area contributed by atoms with E-state index < -0.39 is 9.84 Å². The number of nitrogens with zero attached hydrogens (tertiary/aromatic N) is 4. The van der Waals surface area contributed by atoms with Crippen LogP contribution in [0.1, 0.15) is 17.7 Å². The maximum Gasteiger partial charge on any atom is 0.227 e. The molecule has 7 nitrogen and oxygen atoms in total. The van der Waals surface area contributed by atoms with Crippen LogP contribution in [-0.4, -0.2) is 43.0 Å². The van der Waals surface area contributed by atoms with Crippen molar-refractivity contribution in [2.45, 2.75) is 19.4 Å². The SMILES string of the molecule is Cc1cc(Nc2ccccc2C#N)nc(N(C)C2CCS(=O)(=O)C2)n1. The molecule has 0 amide bonds. The van der Waals surface area contributed by atoms with Crippen LogP contribution in [0.25, 0.3) is 0 Å². The second kappa shape index (κ2) is 6.69. The molecule has 1 N–H and O–H groups in total. The molecule has 1 fully saturated rings. The molecule has 1 saturated heterocycles. The lowest BCUT2D eigenvalue weighted by Crippen LogP contribution is -2.34. The number of anilines is 3. The molecule has 1 aliphatic heterocycles. The van der Waals surface area contributed by atoms with Crippen molar-refractivity contribution in [2.24, 2.45) is 0 Å². The number of aryl methyl sites for hydroxylation is 1. The Hall–Kier alpha value is -2.66. The molecule has 25 heavy (non-hydrogen) atoms. The van der Waals surface area contributed by atoms with E-state index in [-0.39, 0.29) is 17.5 Å². The van der Waals surface area contributed by atoms with E-state index >= 15 is 0 Å². The van der Waals surface area contributed by atoms with Crippen molar-refractivity contribution < 1.29 is 8.42 Å². The van der Waals surface area contributed by atoms with E-state index in [1.54, 1.807) is 18.2 Å². The highest BCUT2D eigenvalue weighted by Crippen LogP contribution is 2.24. The number of para-hydroxylation sites is 1. The van der Waals surface area contributed by atoms with Crippen molar-refractivity contribution in [1.29, 1.82) is 5.26 Å². The summed E-state index contributed by atoms with van der Waals surface area (Å²) in [6.45, 7) is 1.85. The largest absolute Gasteiger partial charge is 0.340 e. The van der Waals surface area contributed by atoms with Crippen LogP contribution in [0.5, 0.6) is 0 Å². The molecule has 1 aliphatic rings. The van der Waals surface area contributed by atoms with E-state index in [9.17, 15) is 13.7 Å². The van der Waals surface area contributed by atoms with Crippen LogP contribution in [0.2, 0.25) is 0 Å². The van der Waals surface area contributed by atoms with Crippen LogP contribution in [0.4, 0.5) is 17.5 Å². The summed E-state index contributed by atoms with van der Waals surface area (Å²) in [7, 11) is -1.16. The number of hydrogen-bond donors (Lipinski definition) is 1. The molecule has 1 aromatic carbocycles. The molecular formula is C17H19N5O2S. The normalized spacial score (nSPS) is 18.5. The first-order valence-electron chi connectivity index (χ1n) is 7.93. The van der Waals surface area contributed by atoms with Crippen LogP contribution >= 0.6 is 0 Å². The molecule has 8 heteroatoms. The molecule has 3 rings (SSSR count). The minimum atomic E-state index is -2.98. The lowest BCUT2D eigenvalue weighted by atomic mass is 10.2. The van der Waals surface area contributed by atoms with E-state index in [0.717, 1.165) is 5.69 Å². The molecule has 2 heterocycles. The first kappa shape index (κ1) is 17.2. The summed E-state index contributed by atoms with van der Waals surface area (Å²) in [5.74, 6) is 1.37. The number of nitrogens with one attached hydrogen (secondary N) is 1. The van der Waals surface area contributed by atoms with Gasteiger partial charge in [0.05, 0.1) is 22.8 Å². The summed E-state index contributed by atoms with van der Waals surface area (Å²) in [4.78, 5) is 10.7. The van der Waals surface area contributed by atoms with Crippen LogP contribution in [0.15, 0.2) is 30.3 Å². The summed E-state index contributed by atoms with van der Waals surface area (Å²) in [5, 5.41) is 12.3. The van der Waals surface area contributed by atoms with Gasteiger partial charge in [0.2, 0.25) is 5.95 Å². The Labute approximate surface area is 147 Å². The minimum absolute atomic E-state index is 0.119. The number of nitriles is 1. The Morgan fingerprint density at radius 3 is 2.76 bits per heavy atom. The van der Waals surface area contributed by atoms with E-state index in [4.69, 9.17) is 0 Å². The average molecular weight is 357 g/mol. The summed E-state index contributed by atoms with van der Waals surface area (Å²) in [6, 6.07) is 11.0. The Bertz CT molecular complexity index is 936. The first-order chi connectivity index (χ1) is 11.9. The van der Waals surface area contributed by atoms with E-state index in [1.807, 2.05) is 31.0 Å². The lowest BCUT2D eigenvalue weighted by Gasteiger charge is -2.24. The summed E-state index contributed by atoms with van der Waals surface area (Å²) >= 11 is 0. The molecule has 1 aromatic heterocycles. The summed E-state index contributed by atoms with van der Waals surface area (Å²) < 4.78 is 23.4. The van der Waals surface area contributed by atoms with E-state index in [1.165, 1.54) is 0 Å². The molecular weight excluding hydrogens is 338 g/mol. The number of aromatic nitrogens is 2. The maximum atomic E-state index is 11.7. The molecule has 1 unspecified atom stereocenters. The highest BCUT2D eigenvalue weighted by Gasteiger charge is 2.31. The van der Waals surface area contributed by atoms with Crippen molar-refractivity contribution >= 4 is 27.3 Å². The van der Waals surface area contributed by atoms with E-state index in [0.29, 0.717) is 29.4 Å². The van der Waals surface area contributed by atoms with Crippen LogP contribution in [0.3, 0.4) is 0 Å². The van der Waals surface area contributed by atoms with Gasteiger partial charge >= 0.3 is 0 Å². The zero-order chi connectivity index (χ0) is 18.0. The van der Waals surface area contributed by atoms with Crippen molar-refractivity contribution in [2.75, 3.05) is 28.8 Å². The molecule has 2 aromatic rings. The van der Waals surface area contributed by atoms with Gasteiger partial charge < -0.3 is 10.2 Å². The van der Waals surface area contributed by atoms with Gasteiger partial charge in [0.15, 0.2) is 9.84 Å². The Kier molecular flexibility index (Phi) is 4.59. The number of rotatable bonds is 4. The fraction of sp³-hybridized carbons (Fsp3) is 0.353. The van der Waals surface area contributed by atoms with Gasteiger partial charge in [-0.25, -0.2) is 13.4 Å². The second-order valence-electron chi connectivity index (χ2n) is 6.14. The Morgan fingerprint density at radius 1 is 1.32 bits per heavy atom. The average Bonchev–Trinajstić information content (AvgIpc) is 2.94. The van der Waals surface area contributed by atoms with Gasteiger partial charge in [-0.2, -0.15) is 10.2 Å². The minimum Gasteiger partial charge on any atom is -0.340 e. The zero-order valence-corrected chi connectivity index (χ0v) is 14.9. The topological polar surface area (TPSA) is 99.0 Å². The van der Waals surface area contributed by atoms with Crippen LogP contribution in [-0.2, 0) is 9.84 Å². The van der Waals surface area contributed by atoms with Crippen LogP contribution < -0.4 is 10.2 Å². The standard InChI is InChI=1S/C17H19N5O2S/c1-12-9-16(20-15-6-4-3-5-13(15)10-18)21-17(19-12)22(2)14-7-8-25(23,24)11-14/h3-6,9,14H,7-8,11H2,1-2H3,(H,19,20,21). The van der Waals surface area contributed by atoms with Crippen molar-refractivity contribution in [1.82, 2.24) is 9.97 Å². The van der Waals surface area contributed by atoms with E-state index in [2.05, 4.69) is 21.4 Å². The lowest BCUT2D eigenvalue weighted by molar-refractivity contribution is 0.600. The predicted molar refractivity (Wildman–Crippen MR) is 96.7 cm³/mol. The third-order valence-corrected chi connectivity index (χ3v) is 5.97. The van der Waals surface area contributed by atoms with Crippen molar-refractivity contribution in [3.05, 3.63) is 41.6 Å². The summed E-state index contributed by atoms with van der Waals surface area (Å²) in [5.41, 5.74) is 1.95. The Balaban J connectivity index is 1.87. The quantitative estimate of drug-likeness (QED) is 0.893. The van der Waals surface area contributed by atoms with Gasteiger partial charge in [0.25, 0.3) is 0 Å². The molecule has 0 spiro atoms. The summed E-state index contributed by atoms with van der Waals surface area (Å²) in [6.07, 6.45) is 0.580.